The Kier molecular flexibility index (Phi) is 7.65. The second-order valence-electron chi connectivity index (χ2n) is 6.58. The Morgan fingerprint density at radius 2 is 2.10 bits per heavy atom. The first-order chi connectivity index (χ1) is 14.6. The van der Waals surface area contributed by atoms with Crippen molar-refractivity contribution in [2.24, 2.45) is 0 Å². The molecule has 1 aliphatic rings. The predicted molar refractivity (Wildman–Crippen MR) is 114 cm³/mol. The number of amides is 2. The number of carbonyl (C=O) groups is 2. The van der Waals surface area contributed by atoms with Gasteiger partial charge in [0.15, 0.2) is 0 Å². The number of nitrogens with zero attached hydrogens (tertiary/aromatic N) is 3. The molecule has 1 fully saturated rings. The molecular formula is C21H22N4O4S. The maximum Gasteiger partial charge on any atom is 0.237 e. The highest BCUT2D eigenvalue weighted by molar-refractivity contribution is 8.00. The van der Waals surface area contributed by atoms with Crippen molar-refractivity contribution in [1.29, 1.82) is 5.26 Å². The Morgan fingerprint density at radius 1 is 1.30 bits per heavy atom. The van der Waals surface area contributed by atoms with Crippen molar-refractivity contribution < 1.29 is 19.1 Å². The van der Waals surface area contributed by atoms with E-state index in [1.165, 1.54) is 11.8 Å². The molecule has 0 spiro atoms. The molecule has 2 heterocycles. The Labute approximate surface area is 179 Å². The molecule has 0 aliphatic carbocycles. The number of ether oxygens (including phenoxy) is 2. The molecule has 1 aromatic heterocycles. The van der Waals surface area contributed by atoms with E-state index in [1.54, 1.807) is 41.4 Å². The van der Waals surface area contributed by atoms with E-state index < -0.39 is 0 Å². The van der Waals surface area contributed by atoms with Gasteiger partial charge in [-0.15, -0.1) is 11.8 Å². The summed E-state index contributed by atoms with van der Waals surface area (Å²) < 4.78 is 10.9. The number of pyridine rings is 1. The average molecular weight is 426 g/mol. The number of hydrogen-bond donors (Lipinski definition) is 1. The molecule has 0 radical (unpaired) electrons. The number of aryl methyl sites for hydroxylation is 1. The molecule has 1 aliphatic heterocycles. The van der Waals surface area contributed by atoms with Gasteiger partial charge in [0.05, 0.1) is 24.7 Å². The molecule has 0 saturated carbocycles. The average Bonchev–Trinajstić information content (AvgIpc) is 2.76. The largest absolute Gasteiger partial charge is 0.438 e. The molecular weight excluding hydrogens is 404 g/mol. The molecule has 2 amide bonds. The molecule has 30 heavy (non-hydrogen) atoms. The molecule has 0 unspecified atom stereocenters. The van der Waals surface area contributed by atoms with Crippen LogP contribution in [-0.2, 0) is 14.3 Å². The zero-order chi connectivity index (χ0) is 21.3. The summed E-state index contributed by atoms with van der Waals surface area (Å²) in [5.74, 6) is 1.06. The van der Waals surface area contributed by atoms with E-state index in [9.17, 15) is 9.59 Å². The summed E-state index contributed by atoms with van der Waals surface area (Å²) in [6, 6.07) is 10.5. The van der Waals surface area contributed by atoms with Gasteiger partial charge in [0.1, 0.15) is 17.4 Å². The quantitative estimate of drug-likeness (QED) is 0.725. The first-order valence-electron chi connectivity index (χ1n) is 9.43. The Balaban J connectivity index is 1.49. The first kappa shape index (κ1) is 21.6. The lowest BCUT2D eigenvalue weighted by atomic mass is 10.2. The first-order valence-corrected chi connectivity index (χ1v) is 10.6. The fraction of sp³-hybridized carbons (Fsp3) is 0.333. The standard InChI is InChI=1S/C21H22N4O4S/c1-15-11-17(29-21-16(12-22)3-2-6-23-21)4-5-18(15)24-19(26)13-30-14-20(27)25-7-9-28-10-8-25/h2-6,11H,7-10,13-14H2,1H3,(H,24,26). The highest BCUT2D eigenvalue weighted by Crippen LogP contribution is 2.26. The lowest BCUT2D eigenvalue weighted by Crippen LogP contribution is -2.41. The maximum absolute atomic E-state index is 12.2. The number of anilines is 1. The van der Waals surface area contributed by atoms with Crippen LogP contribution in [0, 0.1) is 18.3 Å². The highest BCUT2D eigenvalue weighted by Gasteiger charge is 2.17. The number of nitrogens with one attached hydrogen (secondary N) is 1. The SMILES string of the molecule is Cc1cc(Oc2ncccc2C#N)ccc1NC(=O)CSCC(=O)N1CCOCC1. The summed E-state index contributed by atoms with van der Waals surface area (Å²) in [6.45, 7) is 4.18. The van der Waals surface area contributed by atoms with Gasteiger partial charge in [-0.3, -0.25) is 9.59 Å². The fourth-order valence-electron chi connectivity index (χ4n) is 2.83. The third-order valence-electron chi connectivity index (χ3n) is 4.40. The van der Waals surface area contributed by atoms with Crippen molar-refractivity contribution in [2.45, 2.75) is 6.92 Å². The van der Waals surface area contributed by atoms with Crippen molar-refractivity contribution in [3.63, 3.8) is 0 Å². The van der Waals surface area contributed by atoms with Crippen LogP contribution in [0.1, 0.15) is 11.1 Å². The zero-order valence-electron chi connectivity index (χ0n) is 16.6. The summed E-state index contributed by atoms with van der Waals surface area (Å²) in [7, 11) is 0. The topological polar surface area (TPSA) is 105 Å². The van der Waals surface area contributed by atoms with Crippen LogP contribution in [0.5, 0.6) is 11.6 Å². The lowest BCUT2D eigenvalue weighted by molar-refractivity contribution is -0.132. The Morgan fingerprint density at radius 3 is 2.83 bits per heavy atom. The summed E-state index contributed by atoms with van der Waals surface area (Å²) in [5.41, 5.74) is 1.81. The molecule has 9 heteroatoms. The second kappa shape index (κ2) is 10.6. The molecule has 2 aromatic rings. The van der Waals surface area contributed by atoms with Crippen molar-refractivity contribution in [3.8, 4) is 17.7 Å². The van der Waals surface area contributed by atoms with E-state index in [4.69, 9.17) is 14.7 Å². The minimum Gasteiger partial charge on any atom is -0.438 e. The summed E-state index contributed by atoms with van der Waals surface area (Å²) >= 11 is 1.29. The van der Waals surface area contributed by atoms with E-state index in [2.05, 4.69) is 10.3 Å². The minimum absolute atomic E-state index is 0.0278. The van der Waals surface area contributed by atoms with Gasteiger partial charge in [-0.1, -0.05) is 0 Å². The van der Waals surface area contributed by atoms with Crippen molar-refractivity contribution in [1.82, 2.24) is 9.88 Å². The Bertz CT molecular complexity index is 954. The molecule has 0 bridgehead atoms. The van der Waals surface area contributed by atoms with Gasteiger partial charge >= 0.3 is 0 Å². The number of aromatic nitrogens is 1. The van der Waals surface area contributed by atoms with Gasteiger partial charge in [0, 0.05) is 25.0 Å². The smallest absolute Gasteiger partial charge is 0.237 e. The minimum atomic E-state index is -0.178. The van der Waals surface area contributed by atoms with Gasteiger partial charge < -0.3 is 19.7 Å². The van der Waals surface area contributed by atoms with Gasteiger partial charge in [-0.05, 0) is 42.8 Å². The fourth-order valence-corrected chi connectivity index (χ4v) is 3.55. The molecule has 8 nitrogen and oxygen atoms in total. The number of rotatable bonds is 7. The highest BCUT2D eigenvalue weighted by atomic mass is 32.2. The van der Waals surface area contributed by atoms with Crippen LogP contribution in [0.3, 0.4) is 0 Å². The molecule has 156 valence electrons. The van der Waals surface area contributed by atoms with E-state index in [1.807, 2.05) is 13.0 Å². The molecule has 0 atom stereocenters. The van der Waals surface area contributed by atoms with Gasteiger partial charge in [-0.2, -0.15) is 5.26 Å². The number of hydrogen-bond acceptors (Lipinski definition) is 7. The van der Waals surface area contributed by atoms with E-state index in [-0.39, 0.29) is 29.2 Å². The van der Waals surface area contributed by atoms with E-state index >= 15 is 0 Å². The second-order valence-corrected chi connectivity index (χ2v) is 7.57. The van der Waals surface area contributed by atoms with Gasteiger partial charge in [0.25, 0.3) is 0 Å². The van der Waals surface area contributed by atoms with Crippen LogP contribution in [0.15, 0.2) is 36.5 Å². The number of carbonyl (C=O) groups excluding carboxylic acids is 2. The van der Waals surface area contributed by atoms with Crippen LogP contribution in [0.2, 0.25) is 0 Å². The normalized spacial score (nSPS) is 13.4. The lowest BCUT2D eigenvalue weighted by Gasteiger charge is -2.26. The third kappa shape index (κ3) is 5.95. The van der Waals surface area contributed by atoms with Crippen LogP contribution < -0.4 is 10.1 Å². The molecule has 3 rings (SSSR count). The maximum atomic E-state index is 12.2. The molecule has 1 N–H and O–H groups in total. The summed E-state index contributed by atoms with van der Waals surface area (Å²) in [6.07, 6.45) is 1.55. The van der Waals surface area contributed by atoms with Crippen LogP contribution in [0.25, 0.3) is 0 Å². The van der Waals surface area contributed by atoms with Gasteiger partial charge in [0.2, 0.25) is 17.7 Å². The molecule has 1 saturated heterocycles. The number of benzene rings is 1. The van der Waals surface area contributed by atoms with Crippen molar-refractivity contribution in [2.75, 3.05) is 43.1 Å². The van der Waals surface area contributed by atoms with Crippen molar-refractivity contribution in [3.05, 3.63) is 47.7 Å². The van der Waals surface area contributed by atoms with Crippen LogP contribution in [0.4, 0.5) is 5.69 Å². The zero-order valence-corrected chi connectivity index (χ0v) is 17.4. The monoisotopic (exact) mass is 426 g/mol. The Hall–Kier alpha value is -3.09. The van der Waals surface area contributed by atoms with Gasteiger partial charge in [-0.25, -0.2) is 4.98 Å². The predicted octanol–water partition coefficient (Wildman–Crippen LogP) is 2.58. The number of morpholine rings is 1. The third-order valence-corrected chi connectivity index (χ3v) is 5.32. The van der Waals surface area contributed by atoms with Crippen LogP contribution in [-0.4, -0.2) is 59.5 Å². The summed E-state index contributed by atoms with van der Waals surface area (Å²) in [4.78, 5) is 30.2. The van der Waals surface area contributed by atoms with Crippen LogP contribution >= 0.6 is 11.8 Å². The number of thioether (sulfide) groups is 1. The summed E-state index contributed by atoms with van der Waals surface area (Å²) in [5, 5.41) is 12.0. The number of nitriles is 1. The van der Waals surface area contributed by atoms with E-state index in [0.29, 0.717) is 43.3 Å². The van der Waals surface area contributed by atoms with Crippen molar-refractivity contribution >= 4 is 29.3 Å². The molecule has 1 aromatic carbocycles. The van der Waals surface area contributed by atoms with E-state index in [0.717, 1.165) is 5.56 Å².